The van der Waals surface area contributed by atoms with Crippen molar-refractivity contribution >= 4 is 25.6 Å². The van der Waals surface area contributed by atoms with Gasteiger partial charge in [0.15, 0.2) is 12.4 Å². The monoisotopic (exact) mass is 355 g/mol. The summed E-state index contributed by atoms with van der Waals surface area (Å²) < 4.78 is 17.7. The van der Waals surface area contributed by atoms with E-state index in [0.717, 1.165) is 0 Å². The third-order valence-electron chi connectivity index (χ3n) is 3.60. The molecule has 0 aliphatic rings. The molecule has 0 aliphatic heterocycles. The maximum Gasteiger partial charge on any atom is 0.511 e. The van der Waals surface area contributed by atoms with E-state index in [1.807, 2.05) is 0 Å². The van der Waals surface area contributed by atoms with Crippen LogP contribution >= 0.6 is 8.03 Å². The summed E-state index contributed by atoms with van der Waals surface area (Å²) in [7, 11) is -2.29. The van der Waals surface area contributed by atoms with Gasteiger partial charge in [-0.1, -0.05) is 26.0 Å². The van der Waals surface area contributed by atoms with Crippen LogP contribution in [-0.2, 0) is 18.7 Å². The molecule has 1 rings (SSSR count). The average Bonchev–Trinajstić information content (AvgIpc) is 2.46. The number of carboxylic acid groups (broad SMARTS) is 1. The van der Waals surface area contributed by atoms with Gasteiger partial charge in [0.05, 0.1) is 0 Å². The summed E-state index contributed by atoms with van der Waals surface area (Å²) in [6.45, 7) is 6.67. The van der Waals surface area contributed by atoms with Crippen LogP contribution in [0.3, 0.4) is 0 Å². The normalized spacial score (nSPS) is 14.1. The van der Waals surface area contributed by atoms with Crippen LogP contribution in [0.4, 0.5) is 5.69 Å². The number of hydrogen-bond acceptors (Lipinski definition) is 5. The Hall–Kier alpha value is -1.98. The van der Waals surface area contributed by atoms with Crippen LogP contribution in [0.5, 0.6) is 0 Å². The standard InChI is InChI=1S/C16H23N2O5P/c1-9(2)15(18-11(4)19)23-24(22)8-13(16(20)21)12-6-5-7-14(17)10(12)3/h5-7,9,13,15H,8,17H2,1-4H3,(H-,18,19,20,21)/p+1. The van der Waals surface area contributed by atoms with Crippen molar-refractivity contribution in [2.45, 2.75) is 39.8 Å². The molecule has 1 aromatic rings. The van der Waals surface area contributed by atoms with Gasteiger partial charge >= 0.3 is 14.0 Å². The molecule has 0 radical (unpaired) electrons. The van der Waals surface area contributed by atoms with Gasteiger partial charge in [-0.2, -0.15) is 0 Å². The number of carboxylic acids is 1. The molecule has 0 saturated carbocycles. The molecule has 3 unspecified atom stereocenters. The first-order valence-electron chi connectivity index (χ1n) is 7.59. The number of aliphatic carboxylic acids is 1. The molecular weight excluding hydrogens is 331 g/mol. The number of benzene rings is 1. The molecule has 0 saturated heterocycles. The van der Waals surface area contributed by atoms with Crippen molar-refractivity contribution in [3.63, 3.8) is 0 Å². The lowest BCUT2D eigenvalue weighted by Gasteiger charge is -2.16. The smallest absolute Gasteiger partial charge is 0.481 e. The maximum absolute atomic E-state index is 12.3. The lowest BCUT2D eigenvalue weighted by molar-refractivity contribution is -0.138. The number of nitrogens with two attached hydrogens (primary N) is 1. The first-order chi connectivity index (χ1) is 11.1. The summed E-state index contributed by atoms with van der Waals surface area (Å²) in [6.07, 6.45) is -0.930. The van der Waals surface area contributed by atoms with Gasteiger partial charge in [-0.05, 0) is 28.7 Å². The second-order valence-corrected chi connectivity index (χ2v) is 7.18. The summed E-state index contributed by atoms with van der Waals surface area (Å²) in [6, 6.07) is 5.00. The number of hydrogen-bond donors (Lipinski definition) is 3. The van der Waals surface area contributed by atoms with Crippen molar-refractivity contribution in [2.24, 2.45) is 5.92 Å². The zero-order valence-corrected chi connectivity index (χ0v) is 15.2. The minimum absolute atomic E-state index is 0.106. The summed E-state index contributed by atoms with van der Waals surface area (Å²) in [4.78, 5) is 22.8. The largest absolute Gasteiger partial charge is 0.511 e. The Labute approximate surface area is 142 Å². The first-order valence-corrected chi connectivity index (χ1v) is 8.96. The highest BCUT2D eigenvalue weighted by atomic mass is 31.1. The molecule has 0 bridgehead atoms. The van der Waals surface area contributed by atoms with Crippen molar-refractivity contribution in [1.29, 1.82) is 0 Å². The number of nitrogens with one attached hydrogen (secondary N) is 1. The number of amides is 1. The van der Waals surface area contributed by atoms with E-state index in [2.05, 4.69) is 5.32 Å². The molecule has 1 amide bonds. The van der Waals surface area contributed by atoms with Gasteiger partial charge in [-0.15, -0.1) is 4.52 Å². The molecule has 0 aliphatic carbocycles. The van der Waals surface area contributed by atoms with E-state index < -0.39 is 26.1 Å². The number of carbonyl (C=O) groups excluding carboxylic acids is 1. The predicted molar refractivity (Wildman–Crippen MR) is 92.0 cm³/mol. The van der Waals surface area contributed by atoms with Gasteiger partial charge in [-0.25, -0.2) is 0 Å². The molecule has 4 N–H and O–H groups in total. The van der Waals surface area contributed by atoms with E-state index >= 15 is 0 Å². The molecule has 132 valence electrons. The third kappa shape index (κ3) is 5.58. The SMILES string of the molecule is CC(=O)NC(O[P+](=O)CC(C(=O)O)c1cccc(N)c1C)C(C)C. The number of carbonyl (C=O) groups is 2. The minimum Gasteiger partial charge on any atom is -0.481 e. The molecule has 24 heavy (non-hydrogen) atoms. The fraction of sp³-hybridized carbons (Fsp3) is 0.500. The van der Waals surface area contributed by atoms with Gasteiger partial charge in [0.2, 0.25) is 5.91 Å². The zero-order valence-electron chi connectivity index (χ0n) is 14.3. The van der Waals surface area contributed by atoms with Crippen LogP contribution in [0.25, 0.3) is 0 Å². The molecular formula is C16H24N2O5P+. The molecule has 1 aromatic carbocycles. The van der Waals surface area contributed by atoms with E-state index in [1.165, 1.54) is 6.92 Å². The predicted octanol–water partition coefficient (Wildman–Crippen LogP) is 2.62. The van der Waals surface area contributed by atoms with E-state index in [-0.39, 0.29) is 18.0 Å². The zero-order chi connectivity index (χ0) is 18.4. The Morgan fingerprint density at radius 2 is 2.00 bits per heavy atom. The van der Waals surface area contributed by atoms with Crippen LogP contribution < -0.4 is 11.1 Å². The minimum atomic E-state index is -2.29. The molecule has 0 aromatic heterocycles. The van der Waals surface area contributed by atoms with Crippen LogP contribution in [0, 0.1) is 12.8 Å². The van der Waals surface area contributed by atoms with Gasteiger partial charge in [0.1, 0.15) is 5.92 Å². The molecule has 0 spiro atoms. The first kappa shape index (κ1) is 20.1. The van der Waals surface area contributed by atoms with Crippen LogP contribution in [0.2, 0.25) is 0 Å². The van der Waals surface area contributed by atoms with E-state index in [4.69, 9.17) is 10.3 Å². The van der Waals surface area contributed by atoms with Gasteiger partial charge in [0, 0.05) is 18.5 Å². The second kappa shape index (κ2) is 8.76. The van der Waals surface area contributed by atoms with Crippen molar-refractivity contribution in [2.75, 3.05) is 11.9 Å². The van der Waals surface area contributed by atoms with Crippen molar-refractivity contribution in [1.82, 2.24) is 5.32 Å². The molecule has 8 heteroatoms. The summed E-state index contributed by atoms with van der Waals surface area (Å²) in [5, 5.41) is 12.0. The molecule has 0 heterocycles. The van der Waals surface area contributed by atoms with Crippen LogP contribution in [0.1, 0.15) is 37.8 Å². The molecule has 0 fully saturated rings. The number of rotatable bonds is 8. The topological polar surface area (TPSA) is 119 Å². The Kier molecular flexibility index (Phi) is 7.32. The van der Waals surface area contributed by atoms with Gasteiger partial charge in [-0.3, -0.25) is 9.59 Å². The highest BCUT2D eigenvalue weighted by molar-refractivity contribution is 7.39. The Morgan fingerprint density at radius 3 is 2.50 bits per heavy atom. The Bertz CT molecular complexity index is 633. The number of nitrogen functional groups attached to an aromatic ring is 1. The molecule has 7 nitrogen and oxygen atoms in total. The van der Waals surface area contributed by atoms with Crippen molar-refractivity contribution in [3.05, 3.63) is 29.3 Å². The van der Waals surface area contributed by atoms with E-state index in [0.29, 0.717) is 16.8 Å². The molecule has 3 atom stereocenters. The summed E-state index contributed by atoms with van der Waals surface area (Å²) >= 11 is 0. The summed E-state index contributed by atoms with van der Waals surface area (Å²) in [5.74, 6) is -2.51. The maximum atomic E-state index is 12.3. The number of anilines is 1. The highest BCUT2D eigenvalue weighted by Gasteiger charge is 2.36. The average molecular weight is 355 g/mol. The quantitative estimate of drug-likeness (QED) is 0.375. The lowest BCUT2D eigenvalue weighted by atomic mass is 9.95. The van der Waals surface area contributed by atoms with Gasteiger partial charge in [0.25, 0.3) is 0 Å². The van der Waals surface area contributed by atoms with Gasteiger partial charge < -0.3 is 16.2 Å². The lowest BCUT2D eigenvalue weighted by Crippen LogP contribution is -2.38. The van der Waals surface area contributed by atoms with Crippen molar-refractivity contribution in [3.8, 4) is 0 Å². The van der Waals surface area contributed by atoms with Crippen LogP contribution in [0.15, 0.2) is 18.2 Å². The second-order valence-electron chi connectivity index (χ2n) is 5.94. The Morgan fingerprint density at radius 1 is 1.38 bits per heavy atom. The fourth-order valence-electron chi connectivity index (χ4n) is 2.19. The summed E-state index contributed by atoms with van der Waals surface area (Å²) in [5.41, 5.74) is 7.46. The Balaban J connectivity index is 2.92. The van der Waals surface area contributed by atoms with Crippen LogP contribution in [-0.4, -0.2) is 29.4 Å². The van der Waals surface area contributed by atoms with E-state index in [1.54, 1.807) is 39.0 Å². The van der Waals surface area contributed by atoms with E-state index in [9.17, 15) is 19.3 Å². The van der Waals surface area contributed by atoms with Crippen molar-refractivity contribution < 1.29 is 23.8 Å². The fourth-order valence-corrected chi connectivity index (χ4v) is 3.48. The highest BCUT2D eigenvalue weighted by Crippen LogP contribution is 2.35. The third-order valence-corrected chi connectivity index (χ3v) is 4.73.